The molecule has 1 aliphatic rings. The molecule has 1 N–H and O–H groups in total. The van der Waals surface area contributed by atoms with Crippen LogP contribution in [0.1, 0.15) is 48.3 Å². The lowest BCUT2D eigenvalue weighted by Gasteiger charge is -2.13. The summed E-state index contributed by atoms with van der Waals surface area (Å²) in [6.07, 6.45) is 2.22. The summed E-state index contributed by atoms with van der Waals surface area (Å²) in [4.78, 5) is 15.1. The van der Waals surface area contributed by atoms with Gasteiger partial charge in [-0.25, -0.2) is 9.37 Å². The maximum Gasteiger partial charge on any atom is 0.303 e. The van der Waals surface area contributed by atoms with Gasteiger partial charge in [-0.3, -0.25) is 4.79 Å². The molecule has 1 atom stereocenters. The highest BCUT2D eigenvalue weighted by atomic mass is 35.5. The third-order valence-corrected chi connectivity index (χ3v) is 4.92. The van der Waals surface area contributed by atoms with Crippen LogP contribution in [0.15, 0.2) is 24.3 Å². The number of ether oxygens (including phenoxy) is 2. The van der Waals surface area contributed by atoms with E-state index in [0.29, 0.717) is 13.2 Å². The van der Waals surface area contributed by atoms with Crippen LogP contribution in [0, 0.1) is 17.1 Å². The Hall–Kier alpha value is -2.69. The number of esters is 1. The van der Waals surface area contributed by atoms with E-state index < -0.39 is 5.82 Å². The minimum absolute atomic E-state index is 0.00147. The Bertz CT molecular complexity index is 945. The number of nitriles is 1. The van der Waals surface area contributed by atoms with Gasteiger partial charge in [-0.1, -0.05) is 17.7 Å². The van der Waals surface area contributed by atoms with Crippen LogP contribution in [0.3, 0.4) is 0 Å². The highest BCUT2D eigenvalue weighted by Crippen LogP contribution is 2.36. The summed E-state index contributed by atoms with van der Waals surface area (Å²) >= 11 is 5.83. The van der Waals surface area contributed by atoms with E-state index >= 15 is 0 Å². The Labute approximate surface area is 173 Å². The Balaban J connectivity index is 1.41. The second kappa shape index (κ2) is 9.68. The van der Waals surface area contributed by atoms with E-state index in [-0.39, 0.29) is 35.0 Å². The van der Waals surface area contributed by atoms with Crippen molar-refractivity contribution < 1.29 is 18.7 Å². The number of carbonyl (C=O) groups excluding carboxylic acids is 1. The molecule has 0 amide bonds. The highest BCUT2D eigenvalue weighted by Gasteiger charge is 2.25. The fourth-order valence-electron chi connectivity index (χ4n) is 3.27. The van der Waals surface area contributed by atoms with E-state index in [1.54, 1.807) is 6.07 Å². The van der Waals surface area contributed by atoms with E-state index in [4.69, 9.17) is 26.3 Å². The first kappa shape index (κ1) is 21.0. The highest BCUT2D eigenvalue weighted by molar-refractivity contribution is 6.30. The molecule has 0 saturated heterocycles. The molecule has 0 unspecified atom stereocenters. The van der Waals surface area contributed by atoms with Gasteiger partial charge in [-0.05, 0) is 55.1 Å². The van der Waals surface area contributed by atoms with Crippen LogP contribution in [0.5, 0.6) is 5.75 Å². The van der Waals surface area contributed by atoms with E-state index in [1.165, 1.54) is 6.92 Å². The van der Waals surface area contributed by atoms with Gasteiger partial charge in [0.1, 0.15) is 28.9 Å². The Morgan fingerprint density at radius 1 is 1.45 bits per heavy atom. The standard InChI is InChI=1S/C21H21ClFN3O3/c1-13(27)29-20-6-3-14-9-16(4-5-17(14)20)28-8-2-7-25-12-19-18(23)10-15(11-24)21(22)26-19/h4-5,9-10,20,25H,2-3,6-8,12H2,1H3/t20-/m0/s1. The lowest BCUT2D eigenvalue weighted by Crippen LogP contribution is -2.19. The van der Waals surface area contributed by atoms with Crippen molar-refractivity contribution in [3.05, 3.63) is 57.6 Å². The fraction of sp³-hybridized carbons (Fsp3) is 0.381. The second-order valence-electron chi connectivity index (χ2n) is 6.74. The van der Waals surface area contributed by atoms with Crippen LogP contribution in [0.4, 0.5) is 4.39 Å². The van der Waals surface area contributed by atoms with Crippen molar-refractivity contribution >= 4 is 17.6 Å². The second-order valence-corrected chi connectivity index (χ2v) is 7.10. The first-order valence-corrected chi connectivity index (χ1v) is 9.74. The van der Waals surface area contributed by atoms with Crippen LogP contribution < -0.4 is 10.1 Å². The molecule has 0 spiro atoms. The van der Waals surface area contributed by atoms with Gasteiger partial charge in [0.25, 0.3) is 0 Å². The van der Waals surface area contributed by atoms with Gasteiger partial charge in [0.15, 0.2) is 0 Å². The minimum Gasteiger partial charge on any atom is -0.494 e. The zero-order valence-electron chi connectivity index (χ0n) is 16.0. The van der Waals surface area contributed by atoms with Crippen LogP contribution in [-0.4, -0.2) is 24.1 Å². The largest absolute Gasteiger partial charge is 0.494 e. The molecule has 3 rings (SSSR count). The molecule has 0 fully saturated rings. The molecular formula is C21H21ClFN3O3. The average molecular weight is 418 g/mol. The normalized spacial score (nSPS) is 14.9. The summed E-state index contributed by atoms with van der Waals surface area (Å²) in [5.41, 5.74) is 2.39. The number of halogens is 2. The molecule has 1 aliphatic carbocycles. The maximum atomic E-state index is 13.9. The van der Waals surface area contributed by atoms with Crippen LogP contribution in [-0.2, 0) is 22.5 Å². The van der Waals surface area contributed by atoms with Gasteiger partial charge in [0, 0.05) is 13.5 Å². The summed E-state index contributed by atoms with van der Waals surface area (Å²) in [5, 5.41) is 11.9. The van der Waals surface area contributed by atoms with Gasteiger partial charge >= 0.3 is 5.97 Å². The summed E-state index contributed by atoms with van der Waals surface area (Å²) in [7, 11) is 0. The van der Waals surface area contributed by atoms with Gasteiger partial charge in [0.05, 0.1) is 17.9 Å². The third kappa shape index (κ3) is 5.43. The quantitative estimate of drug-likeness (QED) is 0.399. The van der Waals surface area contributed by atoms with Crippen LogP contribution >= 0.6 is 11.6 Å². The number of benzene rings is 1. The number of aromatic nitrogens is 1. The van der Waals surface area contributed by atoms with E-state index in [0.717, 1.165) is 42.2 Å². The van der Waals surface area contributed by atoms with Gasteiger partial charge in [-0.15, -0.1) is 0 Å². The molecule has 0 aliphatic heterocycles. The lowest BCUT2D eigenvalue weighted by atomic mass is 10.1. The number of pyridine rings is 1. The SMILES string of the molecule is CC(=O)O[C@H]1CCc2cc(OCCCNCc3nc(Cl)c(C#N)cc3F)ccc21. The van der Waals surface area contributed by atoms with Crippen LogP contribution in [0.25, 0.3) is 0 Å². The first-order valence-electron chi connectivity index (χ1n) is 9.36. The smallest absolute Gasteiger partial charge is 0.303 e. The molecule has 1 heterocycles. The molecule has 2 aromatic rings. The van der Waals surface area contributed by atoms with Crippen molar-refractivity contribution in [2.75, 3.05) is 13.2 Å². The number of hydrogen-bond donors (Lipinski definition) is 1. The number of nitrogens with one attached hydrogen (secondary N) is 1. The predicted octanol–water partition coefficient (Wildman–Crippen LogP) is 3.85. The third-order valence-electron chi connectivity index (χ3n) is 4.63. The molecule has 0 saturated carbocycles. The zero-order chi connectivity index (χ0) is 20.8. The number of nitrogens with zero attached hydrogens (tertiary/aromatic N) is 2. The van der Waals surface area contributed by atoms with Crippen molar-refractivity contribution in [1.29, 1.82) is 5.26 Å². The summed E-state index contributed by atoms with van der Waals surface area (Å²) < 4.78 is 25.0. The number of carbonyl (C=O) groups is 1. The van der Waals surface area contributed by atoms with E-state index in [1.807, 2.05) is 18.2 Å². The molecule has 0 bridgehead atoms. The maximum absolute atomic E-state index is 13.9. The number of hydrogen-bond acceptors (Lipinski definition) is 6. The molecule has 29 heavy (non-hydrogen) atoms. The molecule has 8 heteroatoms. The Morgan fingerprint density at radius 3 is 3.03 bits per heavy atom. The van der Waals surface area contributed by atoms with Gasteiger partial charge in [-0.2, -0.15) is 5.26 Å². The average Bonchev–Trinajstić information content (AvgIpc) is 3.08. The van der Waals surface area contributed by atoms with Crippen molar-refractivity contribution in [2.45, 2.75) is 38.8 Å². The zero-order valence-corrected chi connectivity index (χ0v) is 16.8. The van der Waals surface area contributed by atoms with E-state index in [2.05, 4.69) is 10.3 Å². The Morgan fingerprint density at radius 2 is 2.28 bits per heavy atom. The first-order chi connectivity index (χ1) is 14.0. The van der Waals surface area contributed by atoms with Crippen molar-refractivity contribution in [1.82, 2.24) is 10.3 Å². The number of rotatable bonds is 8. The minimum atomic E-state index is -0.556. The summed E-state index contributed by atoms with van der Waals surface area (Å²) in [6.45, 7) is 2.75. The van der Waals surface area contributed by atoms with Crippen molar-refractivity contribution in [2.24, 2.45) is 0 Å². The molecule has 0 radical (unpaired) electrons. The number of fused-ring (bicyclic) bond motifs is 1. The molecule has 152 valence electrons. The Kier molecular flexibility index (Phi) is 7.02. The summed E-state index contributed by atoms with van der Waals surface area (Å²) in [6, 6.07) is 8.71. The fourth-order valence-corrected chi connectivity index (χ4v) is 3.46. The molecule has 6 nitrogen and oxygen atoms in total. The van der Waals surface area contributed by atoms with Gasteiger partial charge in [0.2, 0.25) is 0 Å². The van der Waals surface area contributed by atoms with E-state index in [9.17, 15) is 9.18 Å². The topological polar surface area (TPSA) is 84.2 Å². The van der Waals surface area contributed by atoms with Crippen molar-refractivity contribution in [3.8, 4) is 11.8 Å². The molecule has 1 aromatic carbocycles. The lowest BCUT2D eigenvalue weighted by molar-refractivity contribution is -0.146. The van der Waals surface area contributed by atoms with Crippen LogP contribution in [0.2, 0.25) is 5.15 Å². The summed E-state index contributed by atoms with van der Waals surface area (Å²) in [5.74, 6) is -0.0484. The van der Waals surface area contributed by atoms with Gasteiger partial charge < -0.3 is 14.8 Å². The molecular weight excluding hydrogens is 397 g/mol. The number of aryl methyl sites for hydroxylation is 1. The predicted molar refractivity (Wildman–Crippen MR) is 105 cm³/mol. The monoisotopic (exact) mass is 417 g/mol. The van der Waals surface area contributed by atoms with Crippen molar-refractivity contribution in [3.63, 3.8) is 0 Å². The molecule has 1 aromatic heterocycles.